The van der Waals surface area contributed by atoms with Crippen LogP contribution in [0.25, 0.3) is 11.3 Å². The lowest BCUT2D eigenvalue weighted by Gasteiger charge is -2.11. The molecule has 1 aromatic carbocycles. The number of hydrogen-bond acceptors (Lipinski definition) is 7. The Bertz CT molecular complexity index is 1000. The van der Waals surface area contributed by atoms with E-state index in [2.05, 4.69) is 10.1 Å². The Morgan fingerprint density at radius 1 is 1.11 bits per heavy atom. The molecule has 0 fully saturated rings. The second-order valence-corrected chi connectivity index (χ2v) is 7.50. The zero-order valence-corrected chi connectivity index (χ0v) is 15.8. The Kier molecular flexibility index (Phi) is 4.63. The van der Waals surface area contributed by atoms with Crippen LogP contribution in [-0.2, 0) is 0 Å². The Labute approximate surface area is 160 Å². The minimum absolute atomic E-state index is 0.0184. The van der Waals surface area contributed by atoms with E-state index in [4.69, 9.17) is 9.26 Å². The normalized spacial score (nSPS) is 13.0. The van der Waals surface area contributed by atoms with Crippen LogP contribution in [0, 0.1) is 0 Å². The van der Waals surface area contributed by atoms with Gasteiger partial charge in [-0.1, -0.05) is 5.16 Å². The van der Waals surface area contributed by atoms with Crippen LogP contribution in [0.1, 0.15) is 37.8 Å². The maximum absolute atomic E-state index is 12.8. The van der Waals surface area contributed by atoms with Gasteiger partial charge in [-0.3, -0.25) is 9.59 Å². The monoisotopic (exact) mass is 382 g/mol. The largest absolute Gasteiger partial charge is 0.494 e. The number of fused-ring (bicyclic) bond motifs is 2. The molecule has 7 heteroatoms. The molecular weight excluding hydrogens is 364 g/mol. The van der Waals surface area contributed by atoms with E-state index in [1.807, 2.05) is 38.4 Å². The summed E-state index contributed by atoms with van der Waals surface area (Å²) >= 11 is 1.26. The Morgan fingerprint density at radius 2 is 1.89 bits per heavy atom. The lowest BCUT2D eigenvalue weighted by atomic mass is 9.92. The molecule has 0 spiro atoms. The van der Waals surface area contributed by atoms with Crippen molar-refractivity contribution in [1.82, 2.24) is 10.1 Å². The van der Waals surface area contributed by atoms with Crippen molar-refractivity contribution in [3.8, 4) is 17.0 Å². The molecular formula is C20H18N2O4S. The number of nitrogens with zero attached hydrogens (tertiary/aromatic N) is 2. The van der Waals surface area contributed by atoms with Crippen LogP contribution < -0.4 is 4.74 Å². The average molecular weight is 382 g/mol. The molecule has 3 aromatic rings. The molecule has 1 aliphatic rings. The Morgan fingerprint density at radius 3 is 2.63 bits per heavy atom. The molecule has 4 rings (SSSR count). The van der Waals surface area contributed by atoms with Gasteiger partial charge < -0.3 is 14.2 Å². The molecule has 0 saturated carbocycles. The van der Waals surface area contributed by atoms with Crippen LogP contribution >= 0.6 is 11.3 Å². The highest BCUT2D eigenvalue weighted by Crippen LogP contribution is 2.36. The highest BCUT2D eigenvalue weighted by molar-refractivity contribution is 7.12. The fraction of sp³-hybridized carbons (Fsp3) is 0.250. The van der Waals surface area contributed by atoms with Gasteiger partial charge in [0, 0.05) is 17.7 Å². The van der Waals surface area contributed by atoms with Crippen molar-refractivity contribution in [1.29, 1.82) is 0 Å². The van der Waals surface area contributed by atoms with Gasteiger partial charge in [0.05, 0.1) is 11.5 Å². The van der Waals surface area contributed by atoms with E-state index in [1.165, 1.54) is 11.3 Å². The molecule has 6 nitrogen and oxygen atoms in total. The van der Waals surface area contributed by atoms with Gasteiger partial charge in [-0.2, -0.15) is 0 Å². The molecule has 0 aliphatic heterocycles. The summed E-state index contributed by atoms with van der Waals surface area (Å²) in [7, 11) is 4.05. The first kappa shape index (κ1) is 17.6. The van der Waals surface area contributed by atoms with E-state index in [-0.39, 0.29) is 22.9 Å². The zero-order chi connectivity index (χ0) is 19.0. The molecule has 0 unspecified atom stereocenters. The predicted molar refractivity (Wildman–Crippen MR) is 102 cm³/mol. The molecule has 0 saturated heterocycles. The van der Waals surface area contributed by atoms with E-state index >= 15 is 0 Å². The van der Waals surface area contributed by atoms with Gasteiger partial charge in [-0.15, -0.1) is 11.3 Å². The van der Waals surface area contributed by atoms with Crippen LogP contribution in [0.2, 0.25) is 0 Å². The lowest BCUT2D eigenvalue weighted by molar-refractivity contribution is 0.0958. The Balaban J connectivity index is 1.56. The standard InChI is InChI=1S/C20H18N2O4S/c1-22(2)9-3-10-25-13-6-4-12(5-7-13)16-15-18(24)20-14(8-11-27-20)17(23)19(15)26-21-16/h4-8,11H,3,9-10H2,1-2H3. The summed E-state index contributed by atoms with van der Waals surface area (Å²) in [5, 5.41) is 5.74. The molecule has 27 heavy (non-hydrogen) atoms. The molecule has 1 aliphatic carbocycles. The Hall–Kier alpha value is -2.77. The van der Waals surface area contributed by atoms with E-state index in [9.17, 15) is 9.59 Å². The van der Waals surface area contributed by atoms with E-state index in [0.717, 1.165) is 18.7 Å². The van der Waals surface area contributed by atoms with Crippen molar-refractivity contribution >= 4 is 22.9 Å². The summed E-state index contributed by atoms with van der Waals surface area (Å²) in [5.74, 6) is 0.262. The molecule has 0 radical (unpaired) electrons. The summed E-state index contributed by atoms with van der Waals surface area (Å²) in [4.78, 5) is 27.9. The number of rotatable bonds is 6. The average Bonchev–Trinajstić information content (AvgIpc) is 3.31. The van der Waals surface area contributed by atoms with Gasteiger partial charge in [-0.05, 0) is 56.2 Å². The summed E-state index contributed by atoms with van der Waals surface area (Å²) < 4.78 is 11.0. The number of hydrogen-bond donors (Lipinski definition) is 0. The van der Waals surface area contributed by atoms with E-state index < -0.39 is 0 Å². The van der Waals surface area contributed by atoms with Crippen molar-refractivity contribution in [2.24, 2.45) is 0 Å². The van der Waals surface area contributed by atoms with Crippen molar-refractivity contribution < 1.29 is 18.8 Å². The third-order valence-electron chi connectivity index (χ3n) is 4.39. The quantitative estimate of drug-likeness (QED) is 0.475. The smallest absolute Gasteiger partial charge is 0.233 e. The third kappa shape index (κ3) is 3.20. The molecule has 0 N–H and O–H groups in total. The van der Waals surface area contributed by atoms with Crippen molar-refractivity contribution in [3.63, 3.8) is 0 Å². The number of ketones is 2. The number of benzene rings is 1. The second kappa shape index (κ2) is 7.09. The number of aromatic nitrogens is 1. The highest BCUT2D eigenvalue weighted by Gasteiger charge is 2.37. The van der Waals surface area contributed by atoms with Gasteiger partial charge in [0.25, 0.3) is 0 Å². The first-order chi connectivity index (χ1) is 13.1. The minimum atomic E-state index is -0.291. The predicted octanol–water partition coefficient (Wildman–Crippen LogP) is 3.51. The van der Waals surface area contributed by atoms with Crippen molar-refractivity contribution in [3.05, 3.63) is 57.5 Å². The summed E-state index contributed by atoms with van der Waals surface area (Å²) in [6.07, 6.45) is 0.936. The molecule has 138 valence electrons. The summed E-state index contributed by atoms with van der Waals surface area (Å²) in [5.41, 5.74) is 1.74. The molecule has 2 aromatic heterocycles. The molecule has 0 bridgehead atoms. The van der Waals surface area contributed by atoms with Crippen LogP contribution in [0.15, 0.2) is 40.2 Å². The van der Waals surface area contributed by atoms with Gasteiger partial charge in [0.1, 0.15) is 17.0 Å². The van der Waals surface area contributed by atoms with Crippen molar-refractivity contribution in [2.45, 2.75) is 6.42 Å². The maximum Gasteiger partial charge on any atom is 0.233 e. The topological polar surface area (TPSA) is 72.6 Å². The SMILES string of the molecule is CN(C)CCCOc1ccc(-c2noc3c2C(=O)c2sccc2C3=O)cc1. The maximum atomic E-state index is 12.8. The number of thiophene rings is 1. The van der Waals surface area contributed by atoms with Crippen molar-refractivity contribution in [2.75, 3.05) is 27.2 Å². The fourth-order valence-electron chi connectivity index (χ4n) is 3.03. The summed E-state index contributed by atoms with van der Waals surface area (Å²) in [6.45, 7) is 1.59. The minimum Gasteiger partial charge on any atom is -0.494 e. The molecule has 2 heterocycles. The van der Waals surface area contributed by atoms with Crippen LogP contribution in [0.4, 0.5) is 0 Å². The fourth-order valence-corrected chi connectivity index (χ4v) is 3.87. The van der Waals surface area contributed by atoms with E-state index in [1.54, 1.807) is 11.4 Å². The van der Waals surface area contributed by atoms with Crippen LogP contribution in [0.5, 0.6) is 5.75 Å². The number of carbonyl (C=O) groups excluding carboxylic acids is 2. The zero-order valence-electron chi connectivity index (χ0n) is 15.0. The number of carbonyl (C=O) groups is 2. The van der Waals surface area contributed by atoms with Gasteiger partial charge >= 0.3 is 0 Å². The summed E-state index contributed by atoms with van der Waals surface area (Å²) in [6, 6.07) is 8.95. The van der Waals surface area contributed by atoms with Gasteiger partial charge in [-0.25, -0.2) is 0 Å². The van der Waals surface area contributed by atoms with E-state index in [0.29, 0.717) is 28.3 Å². The number of ether oxygens (including phenoxy) is 1. The molecule has 0 amide bonds. The lowest BCUT2D eigenvalue weighted by Crippen LogP contribution is -2.17. The first-order valence-corrected chi connectivity index (χ1v) is 9.48. The molecule has 0 atom stereocenters. The first-order valence-electron chi connectivity index (χ1n) is 8.61. The van der Waals surface area contributed by atoms with Crippen LogP contribution in [0.3, 0.4) is 0 Å². The van der Waals surface area contributed by atoms with Crippen LogP contribution in [-0.4, -0.2) is 48.9 Å². The highest BCUT2D eigenvalue weighted by atomic mass is 32.1. The third-order valence-corrected chi connectivity index (χ3v) is 5.30. The van der Waals surface area contributed by atoms with Gasteiger partial charge in [0.2, 0.25) is 17.3 Å². The second-order valence-electron chi connectivity index (χ2n) is 6.59. The van der Waals surface area contributed by atoms with Gasteiger partial charge in [0.15, 0.2) is 0 Å².